The Morgan fingerprint density at radius 3 is 2.70 bits per heavy atom. The minimum atomic E-state index is -1.02. The van der Waals surface area contributed by atoms with Gasteiger partial charge < -0.3 is 10.2 Å². The molecule has 0 spiro atoms. The van der Waals surface area contributed by atoms with E-state index in [1.54, 1.807) is 29.5 Å². The molecule has 4 aromatic rings. The van der Waals surface area contributed by atoms with Crippen LogP contribution >= 0.6 is 11.3 Å². The topological polar surface area (TPSA) is 94.2 Å². The van der Waals surface area contributed by atoms with Crippen LogP contribution in [0.4, 0.5) is 10.1 Å². The highest BCUT2D eigenvalue weighted by Crippen LogP contribution is 2.34. The zero-order valence-electron chi connectivity index (χ0n) is 21.9. The van der Waals surface area contributed by atoms with Crippen LogP contribution in [0.15, 0.2) is 54.0 Å². The lowest BCUT2D eigenvalue weighted by molar-refractivity contribution is -0.133. The van der Waals surface area contributed by atoms with E-state index < -0.39 is 5.41 Å². The summed E-state index contributed by atoms with van der Waals surface area (Å²) in [6, 6.07) is 11.6. The first kappa shape index (κ1) is 26.2. The summed E-state index contributed by atoms with van der Waals surface area (Å²) in [4.78, 5) is 34.9. The van der Waals surface area contributed by atoms with E-state index in [2.05, 4.69) is 26.4 Å². The van der Waals surface area contributed by atoms with Crippen molar-refractivity contribution in [3.8, 4) is 23.6 Å². The summed E-state index contributed by atoms with van der Waals surface area (Å²) in [6.45, 7) is 2.59. The number of nitrogens with one attached hydrogen (secondary N) is 2. The van der Waals surface area contributed by atoms with Crippen molar-refractivity contribution >= 4 is 39.7 Å². The molecule has 10 heteroatoms. The van der Waals surface area contributed by atoms with Gasteiger partial charge in [0.15, 0.2) is 0 Å². The van der Waals surface area contributed by atoms with Crippen molar-refractivity contribution in [3.63, 3.8) is 0 Å². The lowest BCUT2D eigenvalue weighted by Gasteiger charge is -2.32. The predicted octanol–water partition coefficient (Wildman–Crippen LogP) is 4.50. The number of rotatable bonds is 6. The zero-order valence-corrected chi connectivity index (χ0v) is 22.7. The number of benzene rings is 2. The number of anilines is 1. The third-order valence-corrected chi connectivity index (χ3v) is 8.94. The molecule has 2 aliphatic heterocycles. The molecule has 204 valence electrons. The molecule has 0 bridgehead atoms. The molecule has 2 saturated heterocycles. The van der Waals surface area contributed by atoms with Gasteiger partial charge in [-0.25, -0.2) is 9.37 Å². The Morgan fingerprint density at radius 1 is 1.18 bits per heavy atom. The highest BCUT2D eigenvalue weighted by Gasteiger charge is 2.44. The minimum Gasteiger partial charge on any atom is -0.342 e. The zero-order chi connectivity index (χ0) is 27.7. The number of terminal acetylenes is 1. The standard InChI is InChI=1S/C30H29FN6O2S/c1-2-30(11-15-36(19-30)18-26(38)37-13-9-21(10-14-37)28-32-12-16-40-28)29(39)33-23-7-8-25-24(17-23)27(35-34-25)20-3-5-22(31)6-4-20/h1,3-8,12,16-17,21H,9-11,13-15,18-19H2,(H,33,39)(H,34,35). The van der Waals surface area contributed by atoms with Gasteiger partial charge in [0.25, 0.3) is 0 Å². The van der Waals surface area contributed by atoms with Crippen molar-refractivity contribution in [2.24, 2.45) is 5.41 Å². The largest absolute Gasteiger partial charge is 0.342 e. The minimum absolute atomic E-state index is 0.0737. The van der Waals surface area contributed by atoms with Crippen molar-refractivity contribution in [2.45, 2.75) is 25.2 Å². The van der Waals surface area contributed by atoms with Crippen molar-refractivity contribution in [1.29, 1.82) is 0 Å². The molecule has 2 aromatic carbocycles. The second-order valence-corrected chi connectivity index (χ2v) is 11.4. The summed E-state index contributed by atoms with van der Waals surface area (Å²) >= 11 is 1.67. The van der Waals surface area contributed by atoms with Gasteiger partial charge in [-0.2, -0.15) is 5.10 Å². The number of aromatic amines is 1. The van der Waals surface area contributed by atoms with Crippen molar-refractivity contribution in [1.82, 2.24) is 25.0 Å². The molecule has 2 fully saturated rings. The number of fused-ring (bicyclic) bond motifs is 1. The van der Waals surface area contributed by atoms with Crippen molar-refractivity contribution in [3.05, 3.63) is 64.9 Å². The Hall–Kier alpha value is -4.07. The van der Waals surface area contributed by atoms with Crippen LogP contribution in [0.3, 0.4) is 0 Å². The van der Waals surface area contributed by atoms with Crippen LogP contribution in [-0.2, 0) is 9.59 Å². The van der Waals surface area contributed by atoms with Crippen molar-refractivity contribution < 1.29 is 14.0 Å². The van der Waals surface area contributed by atoms with Crippen LogP contribution in [0.5, 0.6) is 0 Å². The van der Waals surface area contributed by atoms with Crippen LogP contribution in [0.1, 0.15) is 30.2 Å². The monoisotopic (exact) mass is 556 g/mol. The number of hydrogen-bond donors (Lipinski definition) is 2. The number of carbonyl (C=O) groups is 2. The van der Waals surface area contributed by atoms with Gasteiger partial charge >= 0.3 is 0 Å². The average molecular weight is 557 g/mol. The smallest absolute Gasteiger partial charge is 0.244 e. The fourth-order valence-electron chi connectivity index (χ4n) is 5.67. The van der Waals surface area contributed by atoms with Crippen molar-refractivity contribution in [2.75, 3.05) is 38.0 Å². The third-order valence-electron chi connectivity index (χ3n) is 8.00. The van der Waals surface area contributed by atoms with E-state index in [1.165, 1.54) is 12.1 Å². The Morgan fingerprint density at radius 2 is 1.98 bits per heavy atom. The Labute approximate surface area is 235 Å². The van der Waals surface area contributed by atoms with Gasteiger partial charge in [0.2, 0.25) is 11.8 Å². The Bertz CT molecular complexity index is 1570. The van der Waals surface area contributed by atoms with Crippen LogP contribution < -0.4 is 5.32 Å². The lowest BCUT2D eigenvalue weighted by Crippen LogP contribution is -2.44. The number of aromatic nitrogens is 3. The van der Waals surface area contributed by atoms with Gasteiger partial charge in [0, 0.05) is 60.3 Å². The normalized spacial score (nSPS) is 20.1. The first-order chi connectivity index (χ1) is 19.4. The molecule has 1 atom stereocenters. The maximum absolute atomic E-state index is 13.5. The molecule has 1 unspecified atom stereocenters. The molecule has 0 radical (unpaired) electrons. The summed E-state index contributed by atoms with van der Waals surface area (Å²) in [5, 5.41) is 14.3. The van der Waals surface area contributed by atoms with E-state index in [0.29, 0.717) is 49.9 Å². The van der Waals surface area contributed by atoms with Gasteiger partial charge in [-0.15, -0.1) is 17.8 Å². The molecule has 6 rings (SSSR count). The number of amides is 2. The van der Waals surface area contributed by atoms with Gasteiger partial charge in [0.05, 0.1) is 22.8 Å². The van der Waals surface area contributed by atoms with Crippen LogP contribution in [0.25, 0.3) is 22.2 Å². The molecule has 2 amide bonds. The summed E-state index contributed by atoms with van der Waals surface area (Å²) in [5.41, 5.74) is 1.79. The van der Waals surface area contributed by atoms with Crippen LogP contribution in [0, 0.1) is 23.6 Å². The maximum atomic E-state index is 13.5. The summed E-state index contributed by atoms with van der Waals surface area (Å²) in [5.74, 6) is 2.65. The van der Waals surface area contributed by atoms with Crippen LogP contribution in [-0.4, -0.2) is 69.5 Å². The van der Waals surface area contributed by atoms with Gasteiger partial charge in [-0.05, 0) is 61.7 Å². The first-order valence-corrected chi connectivity index (χ1v) is 14.2. The number of piperidine rings is 1. The van der Waals surface area contributed by atoms with Gasteiger partial charge in [0.1, 0.15) is 11.2 Å². The number of likely N-dealkylation sites (tertiary alicyclic amines) is 2. The highest BCUT2D eigenvalue weighted by molar-refractivity contribution is 7.09. The first-order valence-electron chi connectivity index (χ1n) is 13.4. The Balaban J connectivity index is 1.09. The molecule has 0 saturated carbocycles. The molecular weight excluding hydrogens is 527 g/mol. The molecule has 2 aliphatic rings. The highest BCUT2D eigenvalue weighted by atomic mass is 32.1. The lowest BCUT2D eigenvalue weighted by atomic mass is 9.87. The maximum Gasteiger partial charge on any atom is 0.244 e. The number of H-pyrrole nitrogens is 1. The summed E-state index contributed by atoms with van der Waals surface area (Å²) in [7, 11) is 0. The van der Waals surface area contributed by atoms with E-state index in [4.69, 9.17) is 6.42 Å². The molecule has 40 heavy (non-hydrogen) atoms. The number of nitrogens with zero attached hydrogens (tertiary/aromatic N) is 4. The molecule has 4 heterocycles. The fraction of sp³-hybridized carbons (Fsp3) is 0.333. The molecule has 2 N–H and O–H groups in total. The van der Waals surface area contributed by atoms with E-state index in [-0.39, 0.29) is 24.2 Å². The number of thiazole rings is 1. The molecule has 2 aromatic heterocycles. The van der Waals surface area contributed by atoms with E-state index in [9.17, 15) is 14.0 Å². The molecular formula is C30H29FN6O2S. The SMILES string of the molecule is C#CC1(C(=O)Nc2ccc3[nH]nc(-c4ccc(F)cc4)c3c2)CCN(CC(=O)N2CCC(c3nccs3)CC2)C1. The second kappa shape index (κ2) is 10.8. The van der Waals surface area contributed by atoms with Gasteiger partial charge in [-0.1, -0.05) is 5.92 Å². The quantitative estimate of drug-likeness (QED) is 0.341. The number of carbonyl (C=O) groups excluding carboxylic acids is 2. The van der Waals surface area contributed by atoms with E-state index in [0.717, 1.165) is 34.3 Å². The fourth-order valence-corrected chi connectivity index (χ4v) is 6.48. The second-order valence-electron chi connectivity index (χ2n) is 10.5. The number of halogens is 1. The van der Waals surface area contributed by atoms with Crippen LogP contribution in [0.2, 0.25) is 0 Å². The predicted molar refractivity (Wildman–Crippen MR) is 153 cm³/mol. The summed E-state index contributed by atoms with van der Waals surface area (Å²) < 4.78 is 13.4. The average Bonchev–Trinajstić information content (AvgIpc) is 3.74. The summed E-state index contributed by atoms with van der Waals surface area (Å²) in [6.07, 6.45) is 10.1. The molecule has 0 aliphatic carbocycles. The van der Waals surface area contributed by atoms with E-state index >= 15 is 0 Å². The number of hydrogen-bond acceptors (Lipinski definition) is 6. The van der Waals surface area contributed by atoms with Gasteiger partial charge in [-0.3, -0.25) is 19.6 Å². The molecule has 8 nitrogen and oxygen atoms in total. The van der Waals surface area contributed by atoms with E-state index in [1.807, 2.05) is 33.5 Å². The third kappa shape index (κ3) is 5.10. The Kier molecular flexibility index (Phi) is 7.09.